The fourth-order valence-corrected chi connectivity index (χ4v) is 4.46. The Hall–Kier alpha value is -3.60. The molecule has 0 saturated carbocycles. The van der Waals surface area contributed by atoms with Gasteiger partial charge in [0.05, 0.1) is 0 Å². The maximum atomic E-state index is 13.3. The number of carbonyl (C=O) groups is 2. The molecule has 1 heterocycles. The van der Waals surface area contributed by atoms with E-state index in [1.807, 2.05) is 35.2 Å². The summed E-state index contributed by atoms with van der Waals surface area (Å²) in [6, 6.07) is 21.7. The molecule has 3 aromatic carbocycles. The fraction of sp³-hybridized carbons (Fsp3) is 0.333. The summed E-state index contributed by atoms with van der Waals surface area (Å²) in [5.74, 6) is 0.630. The maximum Gasteiger partial charge on any atom is 0.256 e. The van der Waals surface area contributed by atoms with Gasteiger partial charge >= 0.3 is 0 Å². The van der Waals surface area contributed by atoms with Crippen molar-refractivity contribution >= 4 is 23.2 Å². The molecular weight excluding hydrogens is 434 g/mol. The third-order valence-electron chi connectivity index (χ3n) is 6.59. The summed E-state index contributed by atoms with van der Waals surface area (Å²) in [7, 11) is 0. The Bertz CT molecular complexity index is 1200. The molecular formula is C30H35N3O2. The summed E-state index contributed by atoms with van der Waals surface area (Å²) in [6.07, 6.45) is 0.590. The van der Waals surface area contributed by atoms with Crippen LogP contribution in [-0.4, -0.2) is 23.3 Å². The second-order valence-electron chi connectivity index (χ2n) is 9.85. The van der Waals surface area contributed by atoms with Gasteiger partial charge in [-0.1, -0.05) is 65.0 Å². The molecule has 0 saturated heterocycles. The van der Waals surface area contributed by atoms with Gasteiger partial charge in [0.1, 0.15) is 6.17 Å². The fourth-order valence-electron chi connectivity index (χ4n) is 4.46. The lowest BCUT2D eigenvalue weighted by Crippen LogP contribution is -2.32. The first-order valence-corrected chi connectivity index (χ1v) is 12.5. The van der Waals surface area contributed by atoms with Crippen LogP contribution in [0.2, 0.25) is 0 Å². The molecule has 3 aromatic rings. The molecule has 1 aliphatic rings. The van der Waals surface area contributed by atoms with Crippen LogP contribution in [0.4, 0.5) is 11.4 Å². The number of fused-ring (bicyclic) bond motifs is 1. The molecule has 0 spiro atoms. The van der Waals surface area contributed by atoms with E-state index < -0.39 is 0 Å². The predicted octanol–water partition coefficient (Wildman–Crippen LogP) is 7.16. The van der Waals surface area contributed by atoms with E-state index in [1.165, 1.54) is 11.1 Å². The van der Waals surface area contributed by atoms with Crippen molar-refractivity contribution in [1.29, 1.82) is 0 Å². The van der Waals surface area contributed by atoms with Crippen LogP contribution >= 0.6 is 0 Å². The normalized spacial score (nSPS) is 15.0. The Morgan fingerprint density at radius 3 is 1.97 bits per heavy atom. The van der Waals surface area contributed by atoms with Crippen molar-refractivity contribution in [3.05, 3.63) is 94.5 Å². The zero-order valence-electron chi connectivity index (χ0n) is 21.3. The molecule has 1 atom stereocenters. The molecule has 35 heavy (non-hydrogen) atoms. The van der Waals surface area contributed by atoms with Gasteiger partial charge in [-0.3, -0.25) is 9.59 Å². The molecule has 5 heteroatoms. The lowest BCUT2D eigenvalue weighted by molar-refractivity contribution is 0.0743. The van der Waals surface area contributed by atoms with Gasteiger partial charge in [-0.05, 0) is 65.8 Å². The van der Waals surface area contributed by atoms with E-state index in [0.717, 1.165) is 23.4 Å². The minimum absolute atomic E-state index is 0.0471. The molecule has 0 radical (unpaired) electrons. The summed E-state index contributed by atoms with van der Waals surface area (Å²) in [6.45, 7) is 11.3. The van der Waals surface area contributed by atoms with Crippen molar-refractivity contribution in [1.82, 2.24) is 4.90 Å². The van der Waals surface area contributed by atoms with E-state index >= 15 is 0 Å². The molecule has 4 rings (SSSR count). The van der Waals surface area contributed by atoms with Crippen LogP contribution in [0.1, 0.15) is 96.4 Å². The van der Waals surface area contributed by atoms with Crippen molar-refractivity contribution in [2.75, 3.05) is 17.2 Å². The number of anilines is 2. The molecule has 2 amide bonds. The monoisotopic (exact) mass is 469 g/mol. The van der Waals surface area contributed by atoms with E-state index in [4.69, 9.17) is 0 Å². The number of carbonyl (C=O) groups excluding carboxylic acids is 2. The number of amides is 2. The summed E-state index contributed by atoms with van der Waals surface area (Å²) in [5.41, 5.74) is 6.16. The minimum Gasteiger partial charge on any atom is -0.361 e. The molecule has 0 aromatic heterocycles. The lowest BCUT2D eigenvalue weighted by Gasteiger charge is -2.27. The smallest absolute Gasteiger partial charge is 0.256 e. The Morgan fingerprint density at radius 1 is 0.857 bits per heavy atom. The number of hydrogen-bond donors (Lipinski definition) is 2. The number of nitrogens with one attached hydrogen (secondary N) is 2. The van der Waals surface area contributed by atoms with Gasteiger partial charge in [0, 0.05) is 34.6 Å². The average molecular weight is 470 g/mol. The zero-order chi connectivity index (χ0) is 25.1. The van der Waals surface area contributed by atoms with Gasteiger partial charge in [0.15, 0.2) is 0 Å². The van der Waals surface area contributed by atoms with E-state index in [1.54, 1.807) is 12.1 Å². The Balaban J connectivity index is 1.56. The average Bonchev–Trinajstić information content (AvgIpc) is 3.10. The Morgan fingerprint density at radius 2 is 1.43 bits per heavy atom. The Labute approximate surface area is 208 Å². The summed E-state index contributed by atoms with van der Waals surface area (Å²) in [4.78, 5) is 28.1. The number of hydrogen-bond acceptors (Lipinski definition) is 3. The van der Waals surface area contributed by atoms with Crippen LogP contribution in [0.5, 0.6) is 0 Å². The summed E-state index contributed by atoms with van der Waals surface area (Å²) in [5, 5.41) is 6.49. The van der Waals surface area contributed by atoms with Crippen LogP contribution in [-0.2, 0) is 0 Å². The number of rotatable bonds is 8. The first kappa shape index (κ1) is 24.5. The van der Waals surface area contributed by atoms with Crippen molar-refractivity contribution < 1.29 is 9.59 Å². The van der Waals surface area contributed by atoms with Gasteiger partial charge in [-0.15, -0.1) is 0 Å². The first-order chi connectivity index (χ1) is 16.8. The van der Waals surface area contributed by atoms with Gasteiger partial charge in [0.2, 0.25) is 0 Å². The van der Waals surface area contributed by atoms with Crippen LogP contribution in [0.3, 0.4) is 0 Å². The summed E-state index contributed by atoms with van der Waals surface area (Å²) >= 11 is 0. The van der Waals surface area contributed by atoms with Gasteiger partial charge in [-0.25, -0.2) is 0 Å². The summed E-state index contributed by atoms with van der Waals surface area (Å²) < 4.78 is 0. The third-order valence-corrected chi connectivity index (χ3v) is 6.59. The van der Waals surface area contributed by atoms with Gasteiger partial charge in [-0.2, -0.15) is 0 Å². The van der Waals surface area contributed by atoms with E-state index in [-0.39, 0.29) is 18.0 Å². The minimum atomic E-state index is -0.261. The molecule has 1 aliphatic heterocycles. The van der Waals surface area contributed by atoms with Crippen molar-refractivity contribution in [2.24, 2.45) is 0 Å². The zero-order valence-corrected chi connectivity index (χ0v) is 21.3. The van der Waals surface area contributed by atoms with Gasteiger partial charge in [0.25, 0.3) is 11.8 Å². The Kier molecular flexibility index (Phi) is 7.25. The predicted molar refractivity (Wildman–Crippen MR) is 143 cm³/mol. The second kappa shape index (κ2) is 10.3. The number of nitrogens with zero attached hydrogens (tertiary/aromatic N) is 1. The highest BCUT2D eigenvalue weighted by Gasteiger charge is 2.36. The van der Waals surface area contributed by atoms with Crippen LogP contribution in [0, 0.1) is 0 Å². The van der Waals surface area contributed by atoms with Crippen LogP contribution in [0.25, 0.3) is 0 Å². The molecule has 2 N–H and O–H groups in total. The van der Waals surface area contributed by atoms with Gasteiger partial charge < -0.3 is 15.5 Å². The largest absolute Gasteiger partial charge is 0.361 e. The molecule has 0 aliphatic carbocycles. The standard InChI is InChI=1S/C30H35N3O2/c1-6-17-33-28(31-24-12-7-21(8-13-24)19(2)3)26-16-11-23(18-27(26)30(33)35)29(34)32-25-14-9-22(10-15-25)20(4)5/h7-16,18-20,28,31H,6,17H2,1-5H3,(H,32,34)/t28-/m1/s1. The first-order valence-electron chi connectivity index (χ1n) is 12.5. The number of benzene rings is 3. The molecule has 0 bridgehead atoms. The van der Waals surface area contributed by atoms with Crippen molar-refractivity contribution in [2.45, 2.75) is 59.0 Å². The highest BCUT2D eigenvalue weighted by Crippen LogP contribution is 2.35. The topological polar surface area (TPSA) is 61.4 Å². The second-order valence-corrected chi connectivity index (χ2v) is 9.85. The molecule has 5 nitrogen and oxygen atoms in total. The van der Waals surface area contributed by atoms with Crippen molar-refractivity contribution in [3.8, 4) is 0 Å². The highest BCUT2D eigenvalue weighted by atomic mass is 16.2. The molecule has 182 valence electrons. The molecule has 0 unspecified atom stereocenters. The SMILES string of the molecule is CCCN1C(=O)c2cc(C(=O)Nc3ccc(C(C)C)cc3)ccc2[C@@H]1Nc1ccc(C(C)C)cc1. The highest BCUT2D eigenvalue weighted by molar-refractivity contribution is 6.07. The van der Waals surface area contributed by atoms with Crippen LogP contribution in [0.15, 0.2) is 66.7 Å². The maximum absolute atomic E-state index is 13.3. The van der Waals surface area contributed by atoms with E-state index in [0.29, 0.717) is 29.5 Å². The quantitative estimate of drug-likeness (QED) is 0.368. The third kappa shape index (κ3) is 5.24. The van der Waals surface area contributed by atoms with Crippen LogP contribution < -0.4 is 10.6 Å². The van der Waals surface area contributed by atoms with E-state index in [2.05, 4.69) is 69.5 Å². The molecule has 0 fully saturated rings. The lowest BCUT2D eigenvalue weighted by atomic mass is 10.0. The van der Waals surface area contributed by atoms with Crippen molar-refractivity contribution in [3.63, 3.8) is 0 Å². The van der Waals surface area contributed by atoms with E-state index in [9.17, 15) is 9.59 Å².